The average molecular weight is 435 g/mol. The molecule has 156 valence electrons. The number of nitrogen functional groups attached to an aromatic ring is 1. The van der Waals surface area contributed by atoms with Crippen LogP contribution in [0.4, 0.5) is 5.82 Å². The van der Waals surface area contributed by atoms with Crippen LogP contribution in [0.1, 0.15) is 28.4 Å². The number of aliphatic hydroxyl groups excluding tert-OH is 2. The molecule has 1 atom stereocenters. The smallest absolute Gasteiger partial charge is 0.306 e. The number of aliphatic carboxylic acids is 2. The maximum atomic E-state index is 9.66. The molecule has 2 aromatic rings. The highest BCUT2D eigenvalue weighted by Gasteiger charge is 2.17. The van der Waals surface area contributed by atoms with Gasteiger partial charge in [0.15, 0.2) is 12.2 Å². The highest BCUT2D eigenvalue weighted by Crippen LogP contribution is 2.13. The second kappa shape index (κ2) is 12.2. The number of carbonyl (C=O) groups is 2. The van der Waals surface area contributed by atoms with Gasteiger partial charge in [0.25, 0.3) is 0 Å². The van der Waals surface area contributed by atoms with Gasteiger partial charge in [0.1, 0.15) is 17.7 Å². The number of halogens is 1. The number of thiazole rings is 1. The van der Waals surface area contributed by atoms with Gasteiger partial charge >= 0.3 is 5.97 Å². The molecule has 5 N–H and O–H groups in total. The molecule has 2 aromatic heterocycles. The Labute approximate surface area is 171 Å². The summed E-state index contributed by atoms with van der Waals surface area (Å²) in [5.41, 5.74) is 10.0. The molecule has 12 heteroatoms. The van der Waals surface area contributed by atoms with Crippen molar-refractivity contribution in [1.29, 1.82) is 0 Å². The third-order valence-corrected chi connectivity index (χ3v) is 4.64. The first-order valence-electron chi connectivity index (χ1n) is 7.91. The van der Waals surface area contributed by atoms with Crippen molar-refractivity contribution in [2.24, 2.45) is 0 Å². The van der Waals surface area contributed by atoms with Crippen LogP contribution in [0.5, 0.6) is 0 Å². The zero-order chi connectivity index (χ0) is 20.6. The van der Waals surface area contributed by atoms with Crippen LogP contribution in [-0.2, 0) is 22.6 Å². The van der Waals surface area contributed by atoms with Crippen LogP contribution in [0, 0.1) is 13.8 Å². The van der Waals surface area contributed by atoms with E-state index >= 15 is 0 Å². The molecule has 2 heterocycles. The summed E-state index contributed by atoms with van der Waals surface area (Å²) < 4.78 is 2.11. The number of anilines is 1. The zero-order valence-corrected chi connectivity index (χ0v) is 17.0. The van der Waals surface area contributed by atoms with Crippen LogP contribution in [0.25, 0.3) is 0 Å². The van der Waals surface area contributed by atoms with Gasteiger partial charge in [-0.25, -0.2) is 9.97 Å². The van der Waals surface area contributed by atoms with Gasteiger partial charge in [-0.2, -0.15) is 4.57 Å². The van der Waals surface area contributed by atoms with Crippen LogP contribution in [0.3, 0.4) is 0 Å². The molecule has 28 heavy (non-hydrogen) atoms. The Morgan fingerprint density at radius 3 is 2.50 bits per heavy atom. The number of nitrogens with zero attached hydrogens (tertiary/aromatic N) is 3. The van der Waals surface area contributed by atoms with E-state index in [-0.39, 0.29) is 19.0 Å². The lowest BCUT2D eigenvalue weighted by Gasteiger charge is -2.06. The van der Waals surface area contributed by atoms with E-state index in [2.05, 4.69) is 14.5 Å². The standard InChI is InChI=1S/C12H17N4OS.C4H6O5.ClH/c1-8-11(3-4-17)18-7-16(8)6-10-5-14-9(2)15-12(10)13;5-2(4(8)9)1-3(6)7;/h5,7,17H,3-4,6H2,1-2H3,(H2,13,14,15);2,5H,1H2,(H,6,7)(H,8,9);1H/q+1;;/p-1. The second-order valence-electron chi connectivity index (χ2n) is 5.59. The summed E-state index contributed by atoms with van der Waals surface area (Å²) in [6, 6.07) is 0. The number of carboxylic acid groups (broad SMARTS) is 2. The summed E-state index contributed by atoms with van der Waals surface area (Å²) >= 11 is 1.65. The number of nitrogens with two attached hydrogens (primary N) is 1. The fourth-order valence-electron chi connectivity index (χ4n) is 2.02. The third kappa shape index (κ3) is 8.13. The minimum absolute atomic E-state index is 0. The molecule has 0 aromatic carbocycles. The average Bonchev–Trinajstić information content (AvgIpc) is 2.91. The lowest BCUT2D eigenvalue weighted by atomic mass is 10.2. The fourth-order valence-corrected chi connectivity index (χ4v) is 3.00. The lowest BCUT2D eigenvalue weighted by molar-refractivity contribution is -0.689. The largest absolute Gasteiger partial charge is 0.547 e. The fraction of sp³-hybridized carbons (Fsp3) is 0.438. The van der Waals surface area contributed by atoms with Gasteiger partial charge < -0.3 is 31.0 Å². The van der Waals surface area contributed by atoms with Gasteiger partial charge in [0, 0.05) is 26.1 Å². The Kier molecular flexibility index (Phi) is 11.2. The highest BCUT2D eigenvalue weighted by molar-refractivity contribution is 7.09. The zero-order valence-electron chi connectivity index (χ0n) is 15.4. The van der Waals surface area contributed by atoms with Crippen LogP contribution < -0.4 is 15.4 Å². The van der Waals surface area contributed by atoms with Crippen molar-refractivity contribution >= 4 is 41.5 Å². The number of hydrogen-bond donors (Lipinski definition) is 4. The van der Waals surface area contributed by atoms with Gasteiger partial charge in [0.2, 0.25) is 5.51 Å². The van der Waals surface area contributed by atoms with Crippen molar-refractivity contribution in [1.82, 2.24) is 9.97 Å². The summed E-state index contributed by atoms with van der Waals surface area (Å²) in [6.07, 6.45) is -0.248. The predicted octanol–water partition coefficient (Wildman–Crippen LogP) is -1.40. The van der Waals surface area contributed by atoms with E-state index in [1.165, 1.54) is 4.88 Å². The molecule has 0 aliphatic rings. The van der Waals surface area contributed by atoms with Crippen molar-refractivity contribution in [3.8, 4) is 0 Å². The summed E-state index contributed by atoms with van der Waals surface area (Å²) in [5.74, 6) is -1.92. The molecule has 0 fully saturated rings. The summed E-state index contributed by atoms with van der Waals surface area (Å²) in [4.78, 5) is 28.8. The quantitative estimate of drug-likeness (QED) is 0.382. The van der Waals surface area contributed by atoms with Gasteiger partial charge in [0.05, 0.1) is 22.8 Å². The Morgan fingerprint density at radius 1 is 1.39 bits per heavy atom. The molecule has 1 unspecified atom stereocenters. The molecule has 0 radical (unpaired) electrons. The number of aliphatic hydroxyl groups is 2. The minimum atomic E-state index is -1.90. The monoisotopic (exact) mass is 434 g/mol. The maximum Gasteiger partial charge on any atom is 0.306 e. The Bertz CT molecular complexity index is 801. The van der Waals surface area contributed by atoms with E-state index in [1.807, 2.05) is 19.4 Å². The number of carboxylic acids is 2. The molecule has 10 nitrogen and oxygen atoms in total. The number of carbonyl (C=O) groups excluding carboxylic acids is 1. The third-order valence-electron chi connectivity index (χ3n) is 3.49. The molecule has 0 saturated heterocycles. The Morgan fingerprint density at radius 2 is 2.04 bits per heavy atom. The number of rotatable bonds is 7. The number of aryl methyl sites for hydroxylation is 1. The van der Waals surface area contributed by atoms with Crippen molar-refractivity contribution in [3.05, 3.63) is 33.7 Å². The summed E-state index contributed by atoms with van der Waals surface area (Å²) in [5, 5.41) is 34.7. The second-order valence-corrected chi connectivity index (χ2v) is 6.53. The van der Waals surface area contributed by atoms with Gasteiger partial charge in [-0.05, 0) is 6.92 Å². The normalized spacial score (nSPS) is 11.0. The number of hydrogen-bond acceptors (Lipinski definition) is 9. The number of aromatic nitrogens is 3. The molecule has 0 amide bonds. The first-order valence-corrected chi connectivity index (χ1v) is 8.79. The van der Waals surface area contributed by atoms with Crippen LogP contribution in [0.2, 0.25) is 0 Å². The maximum absolute atomic E-state index is 9.66. The van der Waals surface area contributed by atoms with Crippen molar-refractivity contribution in [2.45, 2.75) is 39.3 Å². The topological polar surface area (TPSA) is 174 Å². The van der Waals surface area contributed by atoms with E-state index in [0.29, 0.717) is 24.6 Å². The molecule has 0 aliphatic heterocycles. The van der Waals surface area contributed by atoms with Crippen molar-refractivity contribution < 1.29 is 34.6 Å². The van der Waals surface area contributed by atoms with Crippen LogP contribution >= 0.6 is 23.7 Å². The summed E-state index contributed by atoms with van der Waals surface area (Å²) in [7, 11) is 0. The molecule has 0 saturated carbocycles. The lowest BCUT2D eigenvalue weighted by Crippen LogP contribution is -2.36. The van der Waals surface area contributed by atoms with E-state index in [1.54, 1.807) is 17.5 Å². The van der Waals surface area contributed by atoms with E-state index < -0.39 is 24.5 Å². The molecule has 2 rings (SSSR count). The van der Waals surface area contributed by atoms with E-state index in [4.69, 9.17) is 21.1 Å². The van der Waals surface area contributed by atoms with E-state index in [0.717, 1.165) is 11.3 Å². The Hall–Kier alpha value is -2.34. The van der Waals surface area contributed by atoms with Crippen LogP contribution in [-0.4, -0.2) is 49.9 Å². The summed E-state index contributed by atoms with van der Waals surface area (Å²) in [6.45, 7) is 4.71. The predicted molar refractivity (Wildman–Crippen MR) is 101 cm³/mol. The highest BCUT2D eigenvalue weighted by atomic mass is 35.5. The SMILES string of the molecule is Cc1ncc(C[n+]2csc(CCO)c2C)c(N)n1.Cl.O=C(O)CC(O)C(=O)[O-]. The molecular weight excluding hydrogens is 412 g/mol. The molecule has 0 aliphatic carbocycles. The van der Waals surface area contributed by atoms with Gasteiger partial charge in [-0.3, -0.25) is 4.79 Å². The first-order chi connectivity index (χ1) is 12.6. The minimum Gasteiger partial charge on any atom is -0.547 e. The molecular formula is C16H23ClN4O6S. The van der Waals surface area contributed by atoms with Gasteiger partial charge in [-0.1, -0.05) is 11.3 Å². The Balaban J connectivity index is 0.000000627. The molecule has 0 spiro atoms. The van der Waals surface area contributed by atoms with E-state index in [9.17, 15) is 14.7 Å². The first kappa shape index (κ1) is 25.7. The molecule has 0 bridgehead atoms. The van der Waals surface area contributed by atoms with Crippen LogP contribution in [0.15, 0.2) is 11.7 Å². The van der Waals surface area contributed by atoms with Crippen molar-refractivity contribution in [2.75, 3.05) is 12.3 Å². The van der Waals surface area contributed by atoms with Crippen molar-refractivity contribution in [3.63, 3.8) is 0 Å². The van der Waals surface area contributed by atoms with Gasteiger partial charge in [-0.15, -0.1) is 12.4 Å².